The average molecular weight is 319 g/mol. The fourth-order valence-electron chi connectivity index (χ4n) is 2.06. The predicted molar refractivity (Wildman–Crippen MR) is 69.8 cm³/mol. The Hall–Kier alpha value is -1.96. The lowest BCUT2D eigenvalue weighted by molar-refractivity contribution is -0.274. The zero-order valence-electron chi connectivity index (χ0n) is 11.8. The summed E-state index contributed by atoms with van der Waals surface area (Å²) in [6.07, 6.45) is -2.29. The van der Waals surface area contributed by atoms with Gasteiger partial charge in [-0.15, -0.1) is 13.2 Å². The van der Waals surface area contributed by atoms with Crippen molar-refractivity contribution < 1.29 is 32.5 Å². The van der Waals surface area contributed by atoms with Crippen LogP contribution in [-0.4, -0.2) is 30.4 Å². The van der Waals surface area contributed by atoms with E-state index in [0.717, 1.165) is 19.3 Å². The zero-order valence-corrected chi connectivity index (χ0v) is 11.8. The Morgan fingerprint density at radius 2 is 1.73 bits per heavy atom. The first-order chi connectivity index (χ1) is 10.4. The molecular formula is C14H16F3NO4. The van der Waals surface area contributed by atoms with Crippen LogP contribution < -0.4 is 4.74 Å². The van der Waals surface area contributed by atoms with Crippen molar-refractivity contribution in [2.24, 2.45) is 0 Å². The minimum absolute atomic E-state index is 0.0497. The quantitative estimate of drug-likeness (QED) is 0.628. The van der Waals surface area contributed by atoms with Crippen LogP contribution >= 0.6 is 0 Å². The van der Waals surface area contributed by atoms with Gasteiger partial charge in [-0.05, 0) is 37.0 Å². The highest BCUT2D eigenvalue weighted by Gasteiger charge is 2.30. The summed E-state index contributed by atoms with van der Waals surface area (Å²) >= 11 is 0. The van der Waals surface area contributed by atoms with Crippen LogP contribution in [-0.2, 0) is 16.4 Å². The number of halogens is 3. The number of likely N-dealkylation sites (tertiary alicyclic amines) is 1. The molecule has 2 rings (SSSR count). The molecule has 0 spiro atoms. The molecule has 122 valence electrons. The Labute approximate surface area is 125 Å². The summed E-state index contributed by atoms with van der Waals surface area (Å²) in [6, 6.07) is 5.13. The van der Waals surface area contributed by atoms with E-state index < -0.39 is 12.5 Å². The van der Waals surface area contributed by atoms with E-state index in [0.29, 0.717) is 18.7 Å². The van der Waals surface area contributed by atoms with Crippen molar-refractivity contribution in [1.29, 1.82) is 0 Å². The van der Waals surface area contributed by atoms with E-state index in [1.54, 1.807) is 4.90 Å². The molecule has 1 aliphatic heterocycles. The molecule has 22 heavy (non-hydrogen) atoms. The standard InChI is InChI=1S/C14H16F3NO4/c15-14(16,17)21-12-6-4-11(5-7-12)10-20-22-13(19)18-8-2-1-3-9-18/h4-7H,1-3,8-10H2. The Balaban J connectivity index is 1.73. The second-order valence-corrected chi connectivity index (χ2v) is 4.85. The van der Waals surface area contributed by atoms with Crippen LogP contribution in [0.3, 0.4) is 0 Å². The van der Waals surface area contributed by atoms with Gasteiger partial charge in [0.1, 0.15) is 12.4 Å². The number of rotatable bonds is 4. The summed E-state index contributed by atoms with van der Waals surface area (Å²) in [5, 5.41) is 0. The first-order valence-electron chi connectivity index (χ1n) is 6.87. The van der Waals surface area contributed by atoms with Crippen LogP contribution in [0.5, 0.6) is 5.75 Å². The molecule has 1 fully saturated rings. The molecule has 5 nitrogen and oxygen atoms in total. The molecule has 0 saturated carbocycles. The number of carbonyl (C=O) groups is 1. The van der Waals surface area contributed by atoms with Crippen molar-refractivity contribution >= 4 is 6.09 Å². The third-order valence-electron chi connectivity index (χ3n) is 3.13. The molecule has 1 amide bonds. The van der Waals surface area contributed by atoms with Crippen LogP contribution in [0, 0.1) is 0 Å². The largest absolute Gasteiger partial charge is 0.573 e. The van der Waals surface area contributed by atoms with E-state index in [2.05, 4.69) is 9.62 Å². The molecule has 1 aromatic rings. The number of amides is 1. The van der Waals surface area contributed by atoms with E-state index in [-0.39, 0.29) is 12.4 Å². The van der Waals surface area contributed by atoms with Gasteiger partial charge in [-0.2, -0.15) is 4.89 Å². The number of piperidine rings is 1. The number of ether oxygens (including phenoxy) is 1. The first kappa shape index (κ1) is 16.4. The average Bonchev–Trinajstić information content (AvgIpc) is 2.48. The fraction of sp³-hybridized carbons (Fsp3) is 0.500. The second-order valence-electron chi connectivity index (χ2n) is 4.85. The normalized spacial score (nSPS) is 15.5. The van der Waals surface area contributed by atoms with Crippen LogP contribution in [0.15, 0.2) is 24.3 Å². The molecule has 1 aliphatic rings. The summed E-state index contributed by atoms with van der Waals surface area (Å²) in [6.45, 7) is 1.24. The number of carbonyl (C=O) groups excluding carboxylic acids is 1. The Morgan fingerprint density at radius 1 is 1.09 bits per heavy atom. The molecule has 1 heterocycles. The molecular weight excluding hydrogens is 303 g/mol. The van der Waals surface area contributed by atoms with Gasteiger partial charge in [0.2, 0.25) is 0 Å². The summed E-state index contributed by atoms with van der Waals surface area (Å²) in [5.74, 6) is -0.318. The molecule has 0 unspecified atom stereocenters. The smallest absolute Gasteiger partial charge is 0.406 e. The first-order valence-corrected chi connectivity index (χ1v) is 6.87. The Bertz CT molecular complexity index is 484. The fourth-order valence-corrected chi connectivity index (χ4v) is 2.06. The molecule has 1 aromatic carbocycles. The van der Waals surface area contributed by atoms with Gasteiger partial charge in [-0.3, -0.25) is 4.89 Å². The summed E-state index contributed by atoms with van der Waals surface area (Å²) < 4.78 is 39.7. The van der Waals surface area contributed by atoms with Crippen molar-refractivity contribution in [3.05, 3.63) is 29.8 Å². The number of hydrogen-bond acceptors (Lipinski definition) is 4. The highest BCUT2D eigenvalue weighted by molar-refractivity contribution is 5.66. The topological polar surface area (TPSA) is 48.0 Å². The van der Waals surface area contributed by atoms with Gasteiger partial charge >= 0.3 is 12.5 Å². The molecule has 0 radical (unpaired) electrons. The van der Waals surface area contributed by atoms with Gasteiger partial charge in [0.15, 0.2) is 0 Å². The molecule has 0 bridgehead atoms. The van der Waals surface area contributed by atoms with Crippen molar-refractivity contribution in [2.75, 3.05) is 13.1 Å². The lowest BCUT2D eigenvalue weighted by Crippen LogP contribution is -2.36. The van der Waals surface area contributed by atoms with Gasteiger partial charge in [0.25, 0.3) is 0 Å². The maximum Gasteiger partial charge on any atom is 0.573 e. The number of benzene rings is 1. The van der Waals surface area contributed by atoms with E-state index in [1.165, 1.54) is 24.3 Å². The number of hydrogen-bond donors (Lipinski definition) is 0. The van der Waals surface area contributed by atoms with Crippen molar-refractivity contribution in [3.63, 3.8) is 0 Å². The predicted octanol–water partition coefficient (Wildman–Crippen LogP) is 3.64. The molecule has 0 atom stereocenters. The van der Waals surface area contributed by atoms with Crippen molar-refractivity contribution in [2.45, 2.75) is 32.2 Å². The molecule has 1 saturated heterocycles. The summed E-state index contributed by atoms with van der Waals surface area (Å²) in [7, 11) is 0. The van der Waals surface area contributed by atoms with Gasteiger partial charge in [0, 0.05) is 13.1 Å². The van der Waals surface area contributed by atoms with E-state index in [1.807, 2.05) is 0 Å². The van der Waals surface area contributed by atoms with Crippen molar-refractivity contribution in [1.82, 2.24) is 4.90 Å². The number of alkyl halides is 3. The molecule has 0 N–H and O–H groups in total. The van der Waals surface area contributed by atoms with Gasteiger partial charge in [-0.25, -0.2) is 4.79 Å². The van der Waals surface area contributed by atoms with E-state index in [9.17, 15) is 18.0 Å². The van der Waals surface area contributed by atoms with Crippen LogP contribution in [0.2, 0.25) is 0 Å². The monoisotopic (exact) mass is 319 g/mol. The highest BCUT2D eigenvalue weighted by atomic mass is 19.4. The van der Waals surface area contributed by atoms with Crippen LogP contribution in [0.1, 0.15) is 24.8 Å². The summed E-state index contributed by atoms with van der Waals surface area (Å²) in [4.78, 5) is 22.7. The molecule has 8 heteroatoms. The van der Waals surface area contributed by atoms with Gasteiger partial charge in [0.05, 0.1) is 0 Å². The minimum Gasteiger partial charge on any atom is -0.406 e. The van der Waals surface area contributed by atoms with Gasteiger partial charge < -0.3 is 9.64 Å². The third kappa shape index (κ3) is 5.44. The number of nitrogens with zero attached hydrogens (tertiary/aromatic N) is 1. The SMILES string of the molecule is O=C(OOCc1ccc(OC(F)(F)F)cc1)N1CCCCC1. The van der Waals surface area contributed by atoms with E-state index in [4.69, 9.17) is 4.89 Å². The molecule has 0 aromatic heterocycles. The lowest BCUT2D eigenvalue weighted by Gasteiger charge is -2.24. The molecule has 0 aliphatic carbocycles. The minimum atomic E-state index is -4.72. The maximum atomic E-state index is 12.0. The Morgan fingerprint density at radius 3 is 2.32 bits per heavy atom. The highest BCUT2D eigenvalue weighted by Crippen LogP contribution is 2.22. The summed E-state index contributed by atoms with van der Waals surface area (Å²) in [5.41, 5.74) is 0.556. The van der Waals surface area contributed by atoms with Crippen molar-refractivity contribution in [3.8, 4) is 5.75 Å². The Kier molecular flexibility index (Phi) is 5.48. The third-order valence-corrected chi connectivity index (χ3v) is 3.13. The lowest BCUT2D eigenvalue weighted by atomic mass is 10.1. The zero-order chi connectivity index (χ0) is 16.0. The van der Waals surface area contributed by atoms with E-state index >= 15 is 0 Å². The van der Waals surface area contributed by atoms with Crippen LogP contribution in [0.25, 0.3) is 0 Å². The van der Waals surface area contributed by atoms with Crippen LogP contribution in [0.4, 0.5) is 18.0 Å². The second kappa shape index (κ2) is 7.35. The maximum absolute atomic E-state index is 12.0. The van der Waals surface area contributed by atoms with Gasteiger partial charge in [-0.1, -0.05) is 12.1 Å².